The molecule has 0 aromatic heterocycles. The Balaban J connectivity index is 2.32. The molecule has 0 spiro atoms. The van der Waals surface area contributed by atoms with Gasteiger partial charge in [0.05, 0.1) is 6.10 Å². The number of carbonyl (C=O) groups is 2. The first-order chi connectivity index (χ1) is 14.9. The lowest BCUT2D eigenvalue weighted by Gasteiger charge is -2.54. The summed E-state index contributed by atoms with van der Waals surface area (Å²) < 4.78 is 0. The molecule has 32 heavy (non-hydrogen) atoms. The van der Waals surface area contributed by atoms with Crippen LogP contribution in [0.15, 0.2) is 0 Å². The first kappa shape index (κ1) is 27.3. The number of carboxylic acid groups (broad SMARTS) is 1. The molecule has 2 N–H and O–H groups in total. The van der Waals surface area contributed by atoms with Crippen molar-refractivity contribution in [3.8, 4) is 0 Å². The normalized spacial score (nSPS) is 33.4. The highest BCUT2D eigenvalue weighted by Crippen LogP contribution is 2.64. The van der Waals surface area contributed by atoms with Gasteiger partial charge in [-0.15, -0.1) is 0 Å². The van der Waals surface area contributed by atoms with Crippen LogP contribution in [0.25, 0.3) is 0 Å². The van der Waals surface area contributed by atoms with E-state index in [1.807, 2.05) is 6.92 Å². The molecule has 4 nitrogen and oxygen atoms in total. The molecule has 4 heteroatoms. The molecule has 2 rings (SSSR count). The maximum atomic E-state index is 13.8. The number of hydrogen-bond donors (Lipinski definition) is 2. The van der Waals surface area contributed by atoms with Crippen LogP contribution in [0.4, 0.5) is 0 Å². The van der Waals surface area contributed by atoms with Crippen LogP contribution in [0, 0.1) is 46.3 Å². The minimum Gasteiger partial charge on any atom is -0.481 e. The molecule has 0 aromatic rings. The van der Waals surface area contributed by atoms with Gasteiger partial charge in [0, 0.05) is 18.3 Å². The van der Waals surface area contributed by atoms with Gasteiger partial charge in [0.2, 0.25) is 0 Å². The average Bonchev–Trinajstić information content (AvgIpc) is 3.10. The Morgan fingerprint density at radius 2 is 1.72 bits per heavy atom. The number of aliphatic carboxylic acids is 1. The number of aliphatic hydroxyl groups is 1. The van der Waals surface area contributed by atoms with E-state index in [0.717, 1.165) is 57.8 Å². The molecule has 186 valence electrons. The summed E-state index contributed by atoms with van der Waals surface area (Å²) in [5.41, 5.74) is 0.152. The number of carboxylic acids is 1. The van der Waals surface area contributed by atoms with Crippen molar-refractivity contribution in [1.82, 2.24) is 0 Å². The van der Waals surface area contributed by atoms with Crippen molar-refractivity contribution in [2.45, 2.75) is 119 Å². The van der Waals surface area contributed by atoms with Crippen molar-refractivity contribution in [2.24, 2.45) is 46.3 Å². The quantitative estimate of drug-likeness (QED) is 0.345. The lowest BCUT2D eigenvalue weighted by Crippen LogP contribution is -2.50. The predicted molar refractivity (Wildman–Crippen MR) is 130 cm³/mol. The van der Waals surface area contributed by atoms with E-state index < -0.39 is 5.97 Å². The van der Waals surface area contributed by atoms with E-state index in [4.69, 9.17) is 0 Å². The smallest absolute Gasteiger partial charge is 0.303 e. The van der Waals surface area contributed by atoms with Crippen LogP contribution in [-0.4, -0.2) is 28.1 Å². The lowest BCUT2D eigenvalue weighted by molar-refractivity contribution is -0.141. The van der Waals surface area contributed by atoms with Crippen molar-refractivity contribution in [1.29, 1.82) is 0 Å². The summed E-state index contributed by atoms with van der Waals surface area (Å²) in [4.78, 5) is 25.0. The predicted octanol–water partition coefficient (Wildman–Crippen LogP) is 6.74. The van der Waals surface area contributed by atoms with Crippen molar-refractivity contribution in [3.05, 3.63) is 0 Å². The van der Waals surface area contributed by atoms with Gasteiger partial charge in [-0.2, -0.15) is 0 Å². The van der Waals surface area contributed by atoms with Gasteiger partial charge in [-0.25, -0.2) is 0 Å². The van der Waals surface area contributed by atoms with Gasteiger partial charge in [-0.1, -0.05) is 48.5 Å². The van der Waals surface area contributed by atoms with Crippen LogP contribution in [0.2, 0.25) is 0 Å². The van der Waals surface area contributed by atoms with Crippen molar-refractivity contribution >= 4 is 11.8 Å². The van der Waals surface area contributed by atoms with E-state index in [9.17, 15) is 19.8 Å². The monoisotopic (exact) mass is 450 g/mol. The number of aliphatic hydroxyl groups excluding tert-OH is 1. The Morgan fingerprint density at radius 1 is 1.06 bits per heavy atom. The molecule has 0 bridgehead atoms. The zero-order chi connectivity index (χ0) is 24.3. The maximum Gasteiger partial charge on any atom is 0.303 e. The highest BCUT2D eigenvalue weighted by atomic mass is 16.4. The summed E-state index contributed by atoms with van der Waals surface area (Å²) in [7, 11) is 0. The van der Waals surface area contributed by atoms with Gasteiger partial charge < -0.3 is 10.2 Å². The molecule has 2 fully saturated rings. The summed E-state index contributed by atoms with van der Waals surface area (Å²) in [5.74, 6) is 1.57. The first-order valence-electron chi connectivity index (χ1n) is 13.3. The Labute approximate surface area is 196 Å². The molecule has 0 amide bonds. The lowest BCUT2D eigenvalue weighted by atomic mass is 9.50. The largest absolute Gasteiger partial charge is 0.481 e. The third kappa shape index (κ3) is 5.77. The average molecular weight is 451 g/mol. The van der Waals surface area contributed by atoms with E-state index in [-0.39, 0.29) is 35.2 Å². The molecule has 0 heterocycles. The number of fused-ring (bicyclic) bond motifs is 1. The summed E-state index contributed by atoms with van der Waals surface area (Å²) in [6.07, 6.45) is 8.57. The molecular weight excluding hydrogens is 400 g/mol. The van der Waals surface area contributed by atoms with Crippen molar-refractivity contribution < 1.29 is 19.8 Å². The highest BCUT2D eigenvalue weighted by molar-refractivity contribution is 5.84. The first-order valence-corrected chi connectivity index (χ1v) is 13.3. The maximum absolute atomic E-state index is 13.8. The van der Waals surface area contributed by atoms with Crippen molar-refractivity contribution in [2.75, 3.05) is 0 Å². The Kier molecular flexibility index (Phi) is 9.41. The molecule has 2 saturated carbocycles. The second kappa shape index (κ2) is 11.0. The van der Waals surface area contributed by atoms with Crippen LogP contribution >= 0.6 is 0 Å². The molecule has 2 aliphatic carbocycles. The van der Waals surface area contributed by atoms with Gasteiger partial charge in [0.25, 0.3) is 0 Å². The zero-order valence-electron chi connectivity index (χ0n) is 21.8. The Hall–Kier alpha value is -0.900. The number of Topliss-reactive ketones (excluding diaryl/α,β-unsaturated/α-hetero) is 1. The van der Waals surface area contributed by atoms with Gasteiger partial charge in [-0.05, 0) is 92.3 Å². The number of rotatable bonds is 12. The molecule has 2 aliphatic rings. The fourth-order valence-corrected chi connectivity index (χ4v) is 7.40. The van der Waals surface area contributed by atoms with Gasteiger partial charge in [-0.3, -0.25) is 9.59 Å². The van der Waals surface area contributed by atoms with E-state index in [1.54, 1.807) is 0 Å². The Bertz CT molecular complexity index is 641. The number of ketones is 1. The molecule has 0 saturated heterocycles. The number of carbonyl (C=O) groups excluding carboxylic acids is 1. The summed E-state index contributed by atoms with van der Waals surface area (Å²) in [6.45, 7) is 15.5. The molecular formula is C28H50O4. The van der Waals surface area contributed by atoms with E-state index in [1.165, 1.54) is 0 Å². The summed E-state index contributed by atoms with van der Waals surface area (Å²) >= 11 is 0. The molecule has 0 radical (unpaired) electrons. The summed E-state index contributed by atoms with van der Waals surface area (Å²) in [5, 5.41) is 19.4. The third-order valence-electron chi connectivity index (χ3n) is 9.87. The van der Waals surface area contributed by atoms with Crippen LogP contribution < -0.4 is 0 Å². The van der Waals surface area contributed by atoms with E-state index in [0.29, 0.717) is 29.5 Å². The van der Waals surface area contributed by atoms with E-state index in [2.05, 4.69) is 41.5 Å². The van der Waals surface area contributed by atoms with Crippen LogP contribution in [0.3, 0.4) is 0 Å². The molecule has 8 atom stereocenters. The highest BCUT2D eigenvalue weighted by Gasteiger charge is 2.58. The SMILES string of the molecule is CC[C@H](O)CCC(C)(C)C1CC[C@@]2(C)C(CC[C@@H]2[C@H](C)CCC(=O)O)C1C(=O)[C@@H](C)CC. The zero-order valence-corrected chi connectivity index (χ0v) is 21.8. The van der Waals surface area contributed by atoms with Crippen LogP contribution in [-0.2, 0) is 9.59 Å². The third-order valence-corrected chi connectivity index (χ3v) is 9.87. The molecule has 0 aliphatic heterocycles. The van der Waals surface area contributed by atoms with Gasteiger partial charge in [0.1, 0.15) is 5.78 Å². The molecule has 0 aromatic carbocycles. The minimum absolute atomic E-state index is 0.0261. The fraction of sp³-hybridized carbons (Fsp3) is 0.929. The van der Waals surface area contributed by atoms with Crippen LogP contribution in [0.5, 0.6) is 0 Å². The van der Waals surface area contributed by atoms with E-state index >= 15 is 0 Å². The number of hydrogen-bond acceptors (Lipinski definition) is 3. The minimum atomic E-state index is -0.707. The Morgan fingerprint density at radius 3 is 2.28 bits per heavy atom. The molecule has 3 unspecified atom stereocenters. The second-order valence-corrected chi connectivity index (χ2v) is 12.2. The second-order valence-electron chi connectivity index (χ2n) is 12.2. The summed E-state index contributed by atoms with van der Waals surface area (Å²) in [6, 6.07) is 0. The van der Waals surface area contributed by atoms with Crippen molar-refractivity contribution in [3.63, 3.8) is 0 Å². The van der Waals surface area contributed by atoms with Crippen LogP contribution in [0.1, 0.15) is 113 Å². The van der Waals surface area contributed by atoms with Gasteiger partial charge >= 0.3 is 5.97 Å². The topological polar surface area (TPSA) is 74.6 Å². The fourth-order valence-electron chi connectivity index (χ4n) is 7.40. The van der Waals surface area contributed by atoms with Gasteiger partial charge in [0.15, 0.2) is 0 Å². The standard InChI is InChI=1S/C28H50O4/c1-8-18(3)26(32)25-22(27(5,6)16-14-20(29)9-2)15-17-28(7)21(11-12-23(25)28)19(4)10-13-24(30)31/h18-23,25,29H,8-17H2,1-7H3,(H,30,31)/t18-,19+,20-,21+,22?,23?,25?,28+/m0/s1.